The van der Waals surface area contributed by atoms with Gasteiger partial charge in [0.15, 0.2) is 10.8 Å². The van der Waals surface area contributed by atoms with E-state index in [1.807, 2.05) is 43.3 Å². The minimum absolute atomic E-state index is 0.158. The topological polar surface area (TPSA) is 99.8 Å². The third-order valence-electron chi connectivity index (χ3n) is 3.89. The van der Waals surface area contributed by atoms with Gasteiger partial charge in [-0.05, 0) is 30.7 Å². The van der Waals surface area contributed by atoms with E-state index in [1.54, 1.807) is 6.07 Å². The number of anilines is 1. The maximum Gasteiger partial charge on any atom is 0.272 e. The Morgan fingerprint density at radius 2 is 2.04 bits per heavy atom. The molecule has 2 aromatic heterocycles. The number of hydrogen-bond donors (Lipinski definition) is 3. The second-order valence-corrected chi connectivity index (χ2v) is 6.87. The summed E-state index contributed by atoms with van der Waals surface area (Å²) in [6.07, 6.45) is 0. The summed E-state index contributed by atoms with van der Waals surface area (Å²) in [5.41, 5.74) is 3.01. The number of nitrogens with zero attached hydrogens (tertiary/aromatic N) is 2. The lowest BCUT2D eigenvalue weighted by Gasteiger charge is -2.03. The number of para-hydroxylation sites is 1. The number of benzene rings is 2. The minimum atomic E-state index is -0.405. The average Bonchev–Trinajstić information content (AvgIpc) is 3.22. The van der Waals surface area contributed by atoms with Gasteiger partial charge in [0.25, 0.3) is 5.91 Å². The predicted octanol–water partition coefficient (Wildman–Crippen LogP) is 2.85. The van der Waals surface area contributed by atoms with Crippen molar-refractivity contribution in [3.8, 4) is 0 Å². The number of carbonyl (C=O) groups excluding carboxylic acids is 2. The Hall–Kier alpha value is -3.26. The van der Waals surface area contributed by atoms with Crippen LogP contribution >= 0.6 is 11.3 Å². The first-order chi connectivity index (χ1) is 12.6. The molecule has 0 unspecified atom stereocenters. The Morgan fingerprint density at radius 1 is 1.19 bits per heavy atom. The number of aryl methyl sites for hydroxylation is 1. The SMILES string of the molecule is Cc1ccc2nc(NC(=O)CNC(=O)c3n[nH]c4ccccc34)sc2c1. The molecule has 0 bridgehead atoms. The van der Waals surface area contributed by atoms with E-state index in [0.29, 0.717) is 10.5 Å². The molecule has 0 radical (unpaired) electrons. The van der Waals surface area contributed by atoms with Crippen molar-refractivity contribution < 1.29 is 9.59 Å². The largest absolute Gasteiger partial charge is 0.342 e. The summed E-state index contributed by atoms with van der Waals surface area (Å²) in [5, 5.41) is 13.3. The lowest BCUT2D eigenvalue weighted by molar-refractivity contribution is -0.115. The summed E-state index contributed by atoms with van der Waals surface area (Å²) < 4.78 is 1.01. The summed E-state index contributed by atoms with van der Waals surface area (Å²) in [7, 11) is 0. The second kappa shape index (κ2) is 6.57. The van der Waals surface area contributed by atoms with Crippen molar-refractivity contribution >= 4 is 49.4 Å². The average molecular weight is 365 g/mol. The minimum Gasteiger partial charge on any atom is -0.342 e. The maximum absolute atomic E-state index is 12.3. The van der Waals surface area contributed by atoms with Crippen LogP contribution in [0.15, 0.2) is 42.5 Å². The zero-order valence-corrected chi connectivity index (χ0v) is 14.7. The molecule has 7 nitrogen and oxygen atoms in total. The fraction of sp³-hybridized carbons (Fsp3) is 0.111. The highest BCUT2D eigenvalue weighted by Gasteiger charge is 2.15. The lowest BCUT2D eigenvalue weighted by atomic mass is 10.2. The Balaban J connectivity index is 1.40. The number of fused-ring (bicyclic) bond motifs is 2. The summed E-state index contributed by atoms with van der Waals surface area (Å²) >= 11 is 1.40. The molecule has 4 aromatic rings. The molecule has 4 rings (SSSR count). The van der Waals surface area contributed by atoms with Crippen LogP contribution in [0.4, 0.5) is 5.13 Å². The van der Waals surface area contributed by atoms with Gasteiger partial charge in [-0.2, -0.15) is 5.10 Å². The lowest BCUT2D eigenvalue weighted by Crippen LogP contribution is -2.33. The van der Waals surface area contributed by atoms with Gasteiger partial charge in [-0.25, -0.2) is 4.98 Å². The van der Waals surface area contributed by atoms with Gasteiger partial charge in [0.2, 0.25) is 5.91 Å². The highest BCUT2D eigenvalue weighted by molar-refractivity contribution is 7.22. The van der Waals surface area contributed by atoms with Crippen LogP contribution < -0.4 is 10.6 Å². The molecule has 2 heterocycles. The van der Waals surface area contributed by atoms with E-state index < -0.39 is 5.91 Å². The van der Waals surface area contributed by atoms with Crippen molar-refractivity contribution in [2.24, 2.45) is 0 Å². The van der Waals surface area contributed by atoms with Crippen LogP contribution in [0, 0.1) is 6.92 Å². The van der Waals surface area contributed by atoms with Gasteiger partial charge in [0.1, 0.15) is 0 Å². The first-order valence-corrected chi connectivity index (χ1v) is 8.80. The molecule has 0 aliphatic heterocycles. The Labute approximate surface area is 152 Å². The van der Waals surface area contributed by atoms with Gasteiger partial charge in [0, 0.05) is 5.39 Å². The van der Waals surface area contributed by atoms with Gasteiger partial charge in [-0.1, -0.05) is 35.6 Å². The number of rotatable bonds is 4. The van der Waals surface area contributed by atoms with E-state index in [2.05, 4.69) is 25.8 Å². The third-order valence-corrected chi connectivity index (χ3v) is 4.82. The van der Waals surface area contributed by atoms with Crippen LogP contribution in [0.5, 0.6) is 0 Å². The molecule has 0 spiro atoms. The van der Waals surface area contributed by atoms with E-state index in [9.17, 15) is 9.59 Å². The van der Waals surface area contributed by atoms with Crippen LogP contribution in [-0.2, 0) is 4.79 Å². The number of aromatic amines is 1. The number of hydrogen-bond acceptors (Lipinski definition) is 5. The van der Waals surface area contributed by atoms with Crippen molar-refractivity contribution in [2.75, 3.05) is 11.9 Å². The van der Waals surface area contributed by atoms with Gasteiger partial charge >= 0.3 is 0 Å². The molecular weight excluding hydrogens is 350 g/mol. The molecule has 0 saturated heterocycles. The van der Waals surface area contributed by atoms with E-state index in [1.165, 1.54) is 11.3 Å². The summed E-state index contributed by atoms with van der Waals surface area (Å²) in [5.74, 6) is -0.744. The van der Waals surface area contributed by atoms with Crippen molar-refractivity contribution in [1.29, 1.82) is 0 Å². The predicted molar refractivity (Wildman–Crippen MR) is 101 cm³/mol. The normalized spacial score (nSPS) is 11.0. The van der Waals surface area contributed by atoms with Crippen LogP contribution in [0.3, 0.4) is 0 Å². The van der Waals surface area contributed by atoms with Crippen molar-refractivity contribution in [3.63, 3.8) is 0 Å². The molecule has 26 heavy (non-hydrogen) atoms. The summed E-state index contributed by atoms with van der Waals surface area (Å²) in [6.45, 7) is 1.85. The number of H-pyrrole nitrogens is 1. The Bertz CT molecular complexity index is 1130. The van der Waals surface area contributed by atoms with Crippen LogP contribution in [0.25, 0.3) is 21.1 Å². The molecule has 0 aliphatic carbocycles. The second-order valence-electron chi connectivity index (χ2n) is 5.84. The van der Waals surface area contributed by atoms with E-state index >= 15 is 0 Å². The van der Waals surface area contributed by atoms with E-state index in [0.717, 1.165) is 21.3 Å². The van der Waals surface area contributed by atoms with Gasteiger partial charge in [-0.15, -0.1) is 0 Å². The number of nitrogens with one attached hydrogen (secondary N) is 3. The molecule has 0 atom stereocenters. The molecule has 2 amide bonds. The summed E-state index contributed by atoms with van der Waals surface area (Å²) in [4.78, 5) is 28.7. The first kappa shape index (κ1) is 16.2. The van der Waals surface area contributed by atoms with Crippen LogP contribution in [0.1, 0.15) is 16.1 Å². The number of thiazole rings is 1. The zero-order chi connectivity index (χ0) is 18.1. The smallest absolute Gasteiger partial charge is 0.272 e. The molecule has 0 aliphatic rings. The van der Waals surface area contributed by atoms with Crippen LogP contribution in [0.2, 0.25) is 0 Å². The quantitative estimate of drug-likeness (QED) is 0.518. The fourth-order valence-electron chi connectivity index (χ4n) is 2.63. The molecule has 130 valence electrons. The van der Waals surface area contributed by atoms with Gasteiger partial charge in [0.05, 0.1) is 22.3 Å². The Morgan fingerprint density at radius 3 is 2.92 bits per heavy atom. The van der Waals surface area contributed by atoms with Crippen LogP contribution in [-0.4, -0.2) is 33.5 Å². The summed E-state index contributed by atoms with van der Waals surface area (Å²) in [6, 6.07) is 13.2. The molecule has 2 aromatic carbocycles. The van der Waals surface area contributed by atoms with Crippen molar-refractivity contribution in [3.05, 3.63) is 53.7 Å². The van der Waals surface area contributed by atoms with E-state index in [4.69, 9.17) is 0 Å². The van der Waals surface area contributed by atoms with Crippen molar-refractivity contribution in [1.82, 2.24) is 20.5 Å². The molecule has 8 heteroatoms. The third kappa shape index (κ3) is 3.14. The van der Waals surface area contributed by atoms with Gasteiger partial charge in [-0.3, -0.25) is 14.7 Å². The monoisotopic (exact) mass is 365 g/mol. The fourth-order valence-corrected chi connectivity index (χ4v) is 3.61. The Kier molecular flexibility index (Phi) is 4.10. The van der Waals surface area contributed by atoms with E-state index in [-0.39, 0.29) is 18.1 Å². The molecule has 0 saturated carbocycles. The van der Waals surface area contributed by atoms with Gasteiger partial charge < -0.3 is 10.6 Å². The molecule has 0 fully saturated rings. The highest BCUT2D eigenvalue weighted by atomic mass is 32.1. The maximum atomic E-state index is 12.3. The van der Waals surface area contributed by atoms with Crippen molar-refractivity contribution in [2.45, 2.75) is 6.92 Å². The number of carbonyl (C=O) groups is 2. The highest BCUT2D eigenvalue weighted by Crippen LogP contribution is 2.26. The number of amides is 2. The molecule has 3 N–H and O–H groups in total. The first-order valence-electron chi connectivity index (χ1n) is 7.98. The number of aromatic nitrogens is 3. The zero-order valence-electron chi connectivity index (χ0n) is 13.9. The standard InChI is InChI=1S/C18H15N5O2S/c1-10-6-7-13-14(8-10)26-18(20-13)21-15(24)9-19-17(25)16-11-4-2-3-5-12(11)22-23-16/h2-8H,9H2,1H3,(H,19,25)(H,22,23)(H,20,21,24). The molecular formula is C18H15N5O2S.